The summed E-state index contributed by atoms with van der Waals surface area (Å²) < 4.78 is 39.7. The molecule has 0 heterocycles. The second-order valence-corrected chi connectivity index (χ2v) is 6.42. The van der Waals surface area contributed by atoms with Crippen molar-refractivity contribution >= 4 is 34.6 Å². The Balaban J connectivity index is 1.79. The fourth-order valence-corrected chi connectivity index (χ4v) is 2.75. The summed E-state index contributed by atoms with van der Waals surface area (Å²) in [6.07, 6.45) is -4.74. The van der Waals surface area contributed by atoms with Crippen molar-refractivity contribution in [1.82, 2.24) is 0 Å². The summed E-state index contributed by atoms with van der Waals surface area (Å²) in [5, 5.41) is 5.04. The molecule has 3 aromatic rings. The van der Waals surface area contributed by atoms with E-state index in [-0.39, 0.29) is 11.4 Å². The third kappa shape index (κ3) is 4.88. The monoisotopic (exact) mass is 414 g/mol. The standard InChI is InChI=1S/C21H17F3N4O2/c22-21(23,24)18-10-14(26)7-8-17(18)20(30)28-16-6-2-5-15(11-16)27-19(29)12-3-1-4-13(25)9-12/h1-11H,25-26H2,(H,27,29)(H,28,30). The van der Waals surface area contributed by atoms with E-state index < -0.39 is 29.1 Å². The first kappa shape index (κ1) is 20.7. The Kier molecular flexibility index (Phi) is 5.63. The zero-order valence-corrected chi connectivity index (χ0v) is 15.5. The Hall–Kier alpha value is -4.01. The van der Waals surface area contributed by atoms with Gasteiger partial charge in [0.2, 0.25) is 0 Å². The van der Waals surface area contributed by atoms with Crippen LogP contribution in [0.15, 0.2) is 66.7 Å². The molecule has 3 aromatic carbocycles. The van der Waals surface area contributed by atoms with Gasteiger partial charge in [0.1, 0.15) is 0 Å². The van der Waals surface area contributed by atoms with Crippen LogP contribution in [0.25, 0.3) is 0 Å². The molecule has 0 atom stereocenters. The molecule has 154 valence electrons. The number of hydrogen-bond acceptors (Lipinski definition) is 4. The van der Waals surface area contributed by atoms with Crippen molar-refractivity contribution in [2.45, 2.75) is 6.18 Å². The van der Waals surface area contributed by atoms with Crippen molar-refractivity contribution < 1.29 is 22.8 Å². The van der Waals surface area contributed by atoms with Gasteiger partial charge in [-0.05, 0) is 54.6 Å². The van der Waals surface area contributed by atoms with Crippen molar-refractivity contribution in [1.29, 1.82) is 0 Å². The van der Waals surface area contributed by atoms with Crippen LogP contribution in [0.2, 0.25) is 0 Å². The van der Waals surface area contributed by atoms with E-state index in [4.69, 9.17) is 11.5 Å². The lowest BCUT2D eigenvalue weighted by Gasteiger charge is -2.14. The van der Waals surface area contributed by atoms with Crippen LogP contribution in [-0.4, -0.2) is 11.8 Å². The highest BCUT2D eigenvalue weighted by Crippen LogP contribution is 2.33. The average molecular weight is 414 g/mol. The molecule has 0 aromatic heterocycles. The summed E-state index contributed by atoms with van der Waals surface area (Å²) in [6, 6.07) is 15.3. The third-order valence-corrected chi connectivity index (χ3v) is 4.12. The molecule has 0 radical (unpaired) electrons. The first-order chi connectivity index (χ1) is 14.1. The van der Waals surface area contributed by atoms with Gasteiger partial charge in [-0.2, -0.15) is 13.2 Å². The van der Waals surface area contributed by atoms with Gasteiger partial charge in [0.05, 0.1) is 11.1 Å². The van der Waals surface area contributed by atoms with Crippen molar-refractivity contribution in [2.24, 2.45) is 0 Å². The van der Waals surface area contributed by atoms with E-state index >= 15 is 0 Å². The van der Waals surface area contributed by atoms with E-state index in [1.807, 2.05) is 0 Å². The van der Waals surface area contributed by atoms with Crippen molar-refractivity contribution in [2.75, 3.05) is 22.1 Å². The van der Waals surface area contributed by atoms with E-state index in [2.05, 4.69) is 10.6 Å². The fourth-order valence-electron chi connectivity index (χ4n) is 2.75. The lowest BCUT2D eigenvalue weighted by molar-refractivity contribution is -0.137. The predicted octanol–water partition coefficient (Wildman–Crippen LogP) is 4.37. The summed E-state index contributed by atoms with van der Waals surface area (Å²) in [5.41, 5.74) is 10.6. The zero-order chi connectivity index (χ0) is 21.9. The molecule has 0 fully saturated rings. The molecule has 0 aliphatic carbocycles. The first-order valence-electron chi connectivity index (χ1n) is 8.68. The molecule has 0 bridgehead atoms. The van der Waals surface area contributed by atoms with Crippen LogP contribution in [0.3, 0.4) is 0 Å². The maximum absolute atomic E-state index is 13.2. The van der Waals surface area contributed by atoms with Gasteiger partial charge in [0, 0.05) is 28.3 Å². The van der Waals surface area contributed by atoms with E-state index in [0.29, 0.717) is 23.0 Å². The predicted molar refractivity (Wildman–Crippen MR) is 109 cm³/mol. The quantitative estimate of drug-likeness (QED) is 0.475. The third-order valence-electron chi connectivity index (χ3n) is 4.12. The van der Waals surface area contributed by atoms with Gasteiger partial charge < -0.3 is 22.1 Å². The number of rotatable bonds is 4. The fraction of sp³-hybridized carbons (Fsp3) is 0.0476. The number of hydrogen-bond donors (Lipinski definition) is 4. The normalized spacial score (nSPS) is 11.0. The first-order valence-corrected chi connectivity index (χ1v) is 8.68. The summed E-state index contributed by atoms with van der Waals surface area (Å²) >= 11 is 0. The Morgan fingerprint density at radius 2 is 1.33 bits per heavy atom. The lowest BCUT2D eigenvalue weighted by Crippen LogP contribution is -2.19. The number of nitrogens with two attached hydrogens (primary N) is 2. The number of carbonyl (C=O) groups is 2. The highest BCUT2D eigenvalue weighted by molar-refractivity contribution is 6.07. The molecule has 0 aliphatic heterocycles. The minimum Gasteiger partial charge on any atom is -0.399 e. The number of carbonyl (C=O) groups excluding carboxylic acids is 2. The maximum Gasteiger partial charge on any atom is 0.417 e. The number of halogens is 3. The topological polar surface area (TPSA) is 110 Å². The highest BCUT2D eigenvalue weighted by atomic mass is 19.4. The van der Waals surface area contributed by atoms with Gasteiger partial charge in [-0.15, -0.1) is 0 Å². The van der Waals surface area contributed by atoms with Crippen molar-refractivity contribution in [3.8, 4) is 0 Å². The van der Waals surface area contributed by atoms with Crippen molar-refractivity contribution in [3.05, 3.63) is 83.4 Å². The number of nitrogens with one attached hydrogen (secondary N) is 2. The van der Waals surface area contributed by atoms with Crippen LogP contribution in [0.5, 0.6) is 0 Å². The van der Waals surface area contributed by atoms with Gasteiger partial charge in [-0.3, -0.25) is 9.59 Å². The Morgan fingerprint density at radius 1 is 0.733 bits per heavy atom. The molecular formula is C21H17F3N4O2. The summed E-state index contributed by atoms with van der Waals surface area (Å²) in [5.74, 6) is -1.38. The second kappa shape index (κ2) is 8.16. The maximum atomic E-state index is 13.2. The highest BCUT2D eigenvalue weighted by Gasteiger charge is 2.35. The number of anilines is 4. The molecule has 0 saturated heterocycles. The molecular weight excluding hydrogens is 397 g/mol. The van der Waals surface area contributed by atoms with E-state index in [1.165, 1.54) is 30.3 Å². The summed E-state index contributed by atoms with van der Waals surface area (Å²) in [6.45, 7) is 0. The van der Waals surface area contributed by atoms with E-state index in [9.17, 15) is 22.8 Å². The van der Waals surface area contributed by atoms with Gasteiger partial charge in [-0.25, -0.2) is 0 Å². The molecule has 9 heteroatoms. The Morgan fingerprint density at radius 3 is 1.97 bits per heavy atom. The minimum atomic E-state index is -4.74. The molecule has 0 saturated carbocycles. The summed E-state index contributed by atoms with van der Waals surface area (Å²) in [7, 11) is 0. The number of amides is 2. The zero-order valence-electron chi connectivity index (χ0n) is 15.5. The number of alkyl halides is 3. The van der Waals surface area contributed by atoms with Gasteiger partial charge in [0.25, 0.3) is 11.8 Å². The number of benzene rings is 3. The van der Waals surface area contributed by atoms with Crippen LogP contribution in [0.1, 0.15) is 26.3 Å². The molecule has 6 nitrogen and oxygen atoms in total. The number of nitrogen functional groups attached to an aromatic ring is 2. The van der Waals surface area contributed by atoms with E-state index in [0.717, 1.165) is 6.07 Å². The van der Waals surface area contributed by atoms with Gasteiger partial charge >= 0.3 is 6.18 Å². The largest absolute Gasteiger partial charge is 0.417 e. The SMILES string of the molecule is Nc1cccc(C(=O)Nc2cccc(NC(=O)c3ccc(N)cc3C(F)(F)F)c2)c1. The Labute approximate surface area is 169 Å². The molecule has 2 amide bonds. The van der Waals surface area contributed by atoms with Gasteiger partial charge in [-0.1, -0.05) is 12.1 Å². The van der Waals surface area contributed by atoms with Crippen LogP contribution in [-0.2, 0) is 6.18 Å². The molecule has 0 unspecified atom stereocenters. The van der Waals surface area contributed by atoms with Crippen molar-refractivity contribution in [3.63, 3.8) is 0 Å². The lowest BCUT2D eigenvalue weighted by atomic mass is 10.1. The molecule has 6 N–H and O–H groups in total. The second-order valence-electron chi connectivity index (χ2n) is 6.42. The molecule has 3 rings (SSSR count). The average Bonchev–Trinajstić information content (AvgIpc) is 2.67. The van der Waals surface area contributed by atoms with Crippen LogP contribution < -0.4 is 22.1 Å². The van der Waals surface area contributed by atoms with Crippen LogP contribution >= 0.6 is 0 Å². The molecule has 0 aliphatic rings. The minimum absolute atomic E-state index is 0.106. The smallest absolute Gasteiger partial charge is 0.399 e. The Bertz CT molecular complexity index is 1110. The van der Waals surface area contributed by atoms with Gasteiger partial charge in [0.15, 0.2) is 0 Å². The van der Waals surface area contributed by atoms with E-state index in [1.54, 1.807) is 24.3 Å². The summed E-state index contributed by atoms with van der Waals surface area (Å²) in [4.78, 5) is 24.7. The molecule has 0 spiro atoms. The van der Waals surface area contributed by atoms with Crippen LogP contribution in [0.4, 0.5) is 35.9 Å². The molecule has 30 heavy (non-hydrogen) atoms. The van der Waals surface area contributed by atoms with Crippen LogP contribution in [0, 0.1) is 0 Å².